The highest BCUT2D eigenvalue weighted by Gasteiger charge is 2.23. The van der Waals surface area contributed by atoms with Crippen LogP contribution >= 0.6 is 34.4 Å². The Morgan fingerprint density at radius 1 is 0.900 bits per heavy atom. The van der Waals surface area contributed by atoms with Crippen molar-refractivity contribution in [2.24, 2.45) is 0 Å². The van der Waals surface area contributed by atoms with Gasteiger partial charge in [0.15, 0.2) is 0 Å². The smallest absolute Gasteiger partial charge is 0.0622 e. The van der Waals surface area contributed by atoms with Gasteiger partial charge in [0.1, 0.15) is 0 Å². The van der Waals surface area contributed by atoms with Crippen molar-refractivity contribution in [3.05, 3.63) is 64.2 Å². The Hall–Kier alpha value is -0.480. The minimum absolute atomic E-state index is 0.501. The molecule has 2 aromatic carbocycles. The normalized spacial score (nSPS) is 20.6. The molecule has 0 radical (unpaired) electrons. The molecule has 1 unspecified atom stereocenters. The number of thioether (sulfide) groups is 1. The van der Waals surface area contributed by atoms with Crippen LogP contribution in [-0.2, 0) is 18.6 Å². The average molecular weight is 392 g/mol. The van der Waals surface area contributed by atoms with E-state index in [4.69, 9.17) is 0 Å². The standard InChI is InChI=1S/C18H17IS/c19-18-15-7-3-4-8-17(15)20-11-14-9-12-5-1-2-6-13(12)10-16(14)18/h3-4,7-10,18H,1-2,5-6,11H2. The van der Waals surface area contributed by atoms with Crippen LogP contribution in [0.25, 0.3) is 0 Å². The van der Waals surface area contributed by atoms with Crippen LogP contribution in [0.1, 0.15) is 44.6 Å². The predicted molar refractivity (Wildman–Crippen MR) is 95.0 cm³/mol. The zero-order valence-corrected chi connectivity index (χ0v) is 14.3. The zero-order chi connectivity index (χ0) is 13.5. The van der Waals surface area contributed by atoms with E-state index in [1.165, 1.54) is 36.1 Å². The Labute approximate surface area is 138 Å². The van der Waals surface area contributed by atoms with Crippen molar-refractivity contribution in [1.82, 2.24) is 0 Å². The molecule has 1 atom stereocenters. The van der Waals surface area contributed by atoms with Gasteiger partial charge in [-0.3, -0.25) is 0 Å². The number of rotatable bonds is 0. The third-order valence-electron chi connectivity index (χ3n) is 4.45. The molecule has 0 aromatic heterocycles. The van der Waals surface area contributed by atoms with Crippen molar-refractivity contribution >= 4 is 34.4 Å². The summed E-state index contributed by atoms with van der Waals surface area (Å²) >= 11 is 4.63. The molecule has 102 valence electrons. The van der Waals surface area contributed by atoms with Gasteiger partial charge in [-0.25, -0.2) is 0 Å². The second-order valence-corrected chi connectivity index (χ2v) is 7.98. The van der Waals surface area contributed by atoms with E-state index in [0.717, 1.165) is 5.75 Å². The van der Waals surface area contributed by atoms with Crippen LogP contribution in [0, 0.1) is 0 Å². The number of aryl methyl sites for hydroxylation is 2. The summed E-state index contributed by atoms with van der Waals surface area (Å²) in [6.45, 7) is 0. The first-order valence-corrected chi connectivity index (χ1v) is 9.56. The molecule has 4 rings (SSSR count). The van der Waals surface area contributed by atoms with Crippen LogP contribution in [-0.4, -0.2) is 0 Å². The van der Waals surface area contributed by atoms with Gasteiger partial charge < -0.3 is 0 Å². The molecule has 0 saturated carbocycles. The lowest BCUT2D eigenvalue weighted by Gasteiger charge is -2.21. The average Bonchev–Trinajstić information content (AvgIpc) is 2.64. The first kappa shape index (κ1) is 13.2. The van der Waals surface area contributed by atoms with Gasteiger partial charge in [-0.2, -0.15) is 0 Å². The molecule has 0 nitrogen and oxygen atoms in total. The molecule has 0 saturated heterocycles. The highest BCUT2D eigenvalue weighted by molar-refractivity contribution is 14.1. The van der Waals surface area contributed by atoms with E-state index >= 15 is 0 Å². The van der Waals surface area contributed by atoms with E-state index in [2.05, 4.69) is 59.0 Å². The van der Waals surface area contributed by atoms with Crippen LogP contribution in [0.4, 0.5) is 0 Å². The monoisotopic (exact) mass is 392 g/mol. The molecule has 20 heavy (non-hydrogen) atoms. The van der Waals surface area contributed by atoms with Crippen molar-refractivity contribution in [3.63, 3.8) is 0 Å². The number of fused-ring (bicyclic) bond motifs is 3. The van der Waals surface area contributed by atoms with E-state index < -0.39 is 0 Å². The predicted octanol–water partition coefficient (Wildman–Crippen LogP) is 5.70. The minimum atomic E-state index is 0.501. The molecule has 0 fully saturated rings. The third-order valence-corrected chi connectivity index (χ3v) is 6.93. The van der Waals surface area contributed by atoms with Gasteiger partial charge in [-0.15, -0.1) is 11.8 Å². The topological polar surface area (TPSA) is 0 Å². The molecule has 1 aliphatic carbocycles. The first-order valence-electron chi connectivity index (χ1n) is 7.33. The molecule has 0 amide bonds. The molecule has 0 N–H and O–H groups in total. The van der Waals surface area contributed by atoms with Crippen LogP contribution < -0.4 is 0 Å². The summed E-state index contributed by atoms with van der Waals surface area (Å²) in [5.41, 5.74) is 7.84. The maximum Gasteiger partial charge on any atom is 0.0622 e. The summed E-state index contributed by atoms with van der Waals surface area (Å²) in [5, 5.41) is 0. The summed E-state index contributed by atoms with van der Waals surface area (Å²) in [6, 6.07) is 13.9. The molecule has 0 spiro atoms. The van der Waals surface area contributed by atoms with Crippen LogP contribution in [0.3, 0.4) is 0 Å². The zero-order valence-electron chi connectivity index (χ0n) is 11.4. The van der Waals surface area contributed by atoms with Crippen molar-refractivity contribution in [3.8, 4) is 0 Å². The van der Waals surface area contributed by atoms with Gasteiger partial charge in [-0.05, 0) is 59.6 Å². The van der Waals surface area contributed by atoms with Gasteiger partial charge >= 0.3 is 0 Å². The summed E-state index contributed by atoms with van der Waals surface area (Å²) in [4.78, 5) is 1.46. The van der Waals surface area contributed by atoms with Crippen molar-refractivity contribution in [2.75, 3.05) is 0 Å². The second kappa shape index (κ2) is 5.38. The number of alkyl halides is 1. The summed E-state index contributed by atoms with van der Waals surface area (Å²) in [5.74, 6) is 1.12. The fourth-order valence-electron chi connectivity index (χ4n) is 3.36. The third kappa shape index (κ3) is 2.21. The Kier molecular flexibility index (Phi) is 3.55. The molecule has 2 aliphatic rings. The number of benzene rings is 2. The molecule has 2 heteroatoms. The maximum atomic E-state index is 2.63. The lowest BCUT2D eigenvalue weighted by molar-refractivity contribution is 0.683. The van der Waals surface area contributed by atoms with E-state index in [-0.39, 0.29) is 0 Å². The summed E-state index contributed by atoms with van der Waals surface area (Å²) in [6.07, 6.45) is 5.29. The quantitative estimate of drug-likeness (QED) is 0.410. The van der Waals surface area contributed by atoms with Gasteiger partial charge in [0.05, 0.1) is 3.92 Å². The van der Waals surface area contributed by atoms with Crippen molar-refractivity contribution in [1.29, 1.82) is 0 Å². The SMILES string of the molecule is IC1c2cc3c(cc2CSc2ccccc21)CCCC3. The number of hydrogen-bond donors (Lipinski definition) is 0. The Morgan fingerprint density at radius 3 is 2.50 bits per heavy atom. The molecule has 1 heterocycles. The number of halogens is 1. The van der Waals surface area contributed by atoms with Crippen LogP contribution in [0.2, 0.25) is 0 Å². The van der Waals surface area contributed by atoms with E-state index in [1.54, 1.807) is 22.3 Å². The Bertz CT molecular complexity index is 662. The summed E-state index contributed by atoms with van der Waals surface area (Å²) < 4.78 is 0.501. The maximum absolute atomic E-state index is 2.63. The van der Waals surface area contributed by atoms with Gasteiger partial charge in [0.2, 0.25) is 0 Å². The fraction of sp³-hybridized carbons (Fsp3) is 0.333. The van der Waals surface area contributed by atoms with Gasteiger partial charge in [0, 0.05) is 10.6 Å². The summed E-state index contributed by atoms with van der Waals surface area (Å²) in [7, 11) is 0. The molecular formula is C18H17IS. The molecule has 1 aliphatic heterocycles. The van der Waals surface area contributed by atoms with Crippen molar-refractivity contribution < 1.29 is 0 Å². The van der Waals surface area contributed by atoms with E-state index in [9.17, 15) is 0 Å². The largest absolute Gasteiger partial charge is 0.121 e. The molecule has 2 aromatic rings. The lowest BCUT2D eigenvalue weighted by atomic mass is 9.87. The fourth-order valence-corrected chi connectivity index (χ4v) is 5.78. The Morgan fingerprint density at radius 2 is 1.65 bits per heavy atom. The minimum Gasteiger partial charge on any atom is -0.121 e. The van der Waals surface area contributed by atoms with E-state index in [0.29, 0.717) is 3.92 Å². The number of hydrogen-bond acceptors (Lipinski definition) is 1. The highest BCUT2D eigenvalue weighted by Crippen LogP contribution is 2.45. The molecular weight excluding hydrogens is 375 g/mol. The second-order valence-electron chi connectivity index (χ2n) is 5.72. The van der Waals surface area contributed by atoms with E-state index in [1.807, 2.05) is 11.8 Å². The highest BCUT2D eigenvalue weighted by atomic mass is 127. The molecule has 0 bridgehead atoms. The van der Waals surface area contributed by atoms with Crippen molar-refractivity contribution in [2.45, 2.75) is 40.3 Å². The van der Waals surface area contributed by atoms with Gasteiger partial charge in [-0.1, -0.05) is 52.9 Å². The Balaban J connectivity index is 1.86. The lowest BCUT2D eigenvalue weighted by Crippen LogP contribution is -2.06. The van der Waals surface area contributed by atoms with Crippen LogP contribution in [0.15, 0.2) is 41.3 Å². The van der Waals surface area contributed by atoms with Gasteiger partial charge in [0.25, 0.3) is 0 Å². The first-order chi connectivity index (χ1) is 9.83. The van der Waals surface area contributed by atoms with Crippen LogP contribution in [0.5, 0.6) is 0 Å².